The van der Waals surface area contributed by atoms with Gasteiger partial charge in [-0.05, 0) is 6.92 Å². The molecule has 0 aromatic carbocycles. The van der Waals surface area contributed by atoms with Crippen LogP contribution in [0.15, 0.2) is 0 Å². The summed E-state index contributed by atoms with van der Waals surface area (Å²) < 4.78 is 0. The van der Waals surface area contributed by atoms with Gasteiger partial charge >= 0.3 is 0 Å². The molecule has 1 aliphatic rings. The van der Waals surface area contributed by atoms with Gasteiger partial charge in [-0.15, -0.1) is 11.3 Å². The monoisotopic (exact) mass is 208 g/mol. The van der Waals surface area contributed by atoms with Crippen LogP contribution in [0, 0.1) is 18.3 Å². The molecule has 0 bridgehead atoms. The van der Waals surface area contributed by atoms with E-state index in [9.17, 15) is 0 Å². The highest BCUT2D eigenvalue weighted by molar-refractivity contribution is 7.12. The van der Waals surface area contributed by atoms with Crippen LogP contribution >= 0.6 is 11.3 Å². The molecule has 1 unspecified atom stereocenters. The fourth-order valence-corrected chi connectivity index (χ4v) is 2.56. The van der Waals surface area contributed by atoms with Gasteiger partial charge in [-0.2, -0.15) is 5.26 Å². The van der Waals surface area contributed by atoms with Crippen LogP contribution in [0.4, 0.5) is 0 Å². The highest BCUT2D eigenvalue weighted by Crippen LogP contribution is 2.24. The average Bonchev–Trinajstić information content (AvgIpc) is 2.61. The molecule has 0 amide bonds. The second kappa shape index (κ2) is 4.05. The number of nitrogens with one attached hydrogen (secondary N) is 2. The maximum atomic E-state index is 8.74. The van der Waals surface area contributed by atoms with Crippen molar-refractivity contribution >= 4 is 11.3 Å². The summed E-state index contributed by atoms with van der Waals surface area (Å²) in [6.07, 6.45) is 0. The van der Waals surface area contributed by atoms with Gasteiger partial charge in [0, 0.05) is 24.5 Å². The smallest absolute Gasteiger partial charge is 0.194 e. The number of aryl methyl sites for hydroxylation is 1. The molecule has 2 N–H and O–H groups in total. The topological polar surface area (TPSA) is 60.7 Å². The fourth-order valence-electron chi connectivity index (χ4n) is 1.62. The van der Waals surface area contributed by atoms with Gasteiger partial charge < -0.3 is 10.6 Å². The number of rotatable bonds is 1. The molecule has 0 radical (unpaired) electrons. The quantitative estimate of drug-likeness (QED) is 0.708. The van der Waals surface area contributed by atoms with Crippen LogP contribution in [-0.4, -0.2) is 24.6 Å². The Morgan fingerprint density at radius 1 is 1.57 bits per heavy atom. The molecular weight excluding hydrogens is 196 g/mol. The van der Waals surface area contributed by atoms with Gasteiger partial charge in [0.2, 0.25) is 0 Å². The van der Waals surface area contributed by atoms with Crippen LogP contribution in [0.2, 0.25) is 0 Å². The number of piperazine rings is 1. The van der Waals surface area contributed by atoms with Gasteiger partial charge in [-0.25, -0.2) is 4.98 Å². The van der Waals surface area contributed by atoms with E-state index < -0.39 is 0 Å². The van der Waals surface area contributed by atoms with Gasteiger partial charge in [-0.3, -0.25) is 0 Å². The van der Waals surface area contributed by atoms with Crippen molar-refractivity contribution in [2.75, 3.05) is 19.6 Å². The third-order valence-corrected chi connectivity index (χ3v) is 3.46. The molecule has 0 spiro atoms. The summed E-state index contributed by atoms with van der Waals surface area (Å²) in [6, 6.07) is 2.41. The summed E-state index contributed by atoms with van der Waals surface area (Å²) >= 11 is 1.49. The number of nitrogens with zero attached hydrogens (tertiary/aromatic N) is 2. The van der Waals surface area contributed by atoms with Crippen molar-refractivity contribution in [2.24, 2.45) is 0 Å². The molecule has 2 heterocycles. The molecule has 1 atom stereocenters. The summed E-state index contributed by atoms with van der Waals surface area (Å²) in [4.78, 5) is 5.38. The lowest BCUT2D eigenvalue weighted by atomic mass is 10.2. The zero-order valence-corrected chi connectivity index (χ0v) is 8.82. The molecule has 4 nitrogen and oxygen atoms in total. The molecule has 2 rings (SSSR count). The van der Waals surface area contributed by atoms with Crippen molar-refractivity contribution in [1.29, 1.82) is 5.26 Å². The maximum Gasteiger partial charge on any atom is 0.194 e. The standard InChI is InChI=1S/C9H12N4S/c1-6-9(14-8(4-10)13-6)7-5-11-2-3-12-7/h7,11-12H,2-3,5H2,1H3. The molecule has 14 heavy (non-hydrogen) atoms. The number of aromatic nitrogens is 1. The van der Waals surface area contributed by atoms with Crippen molar-refractivity contribution in [3.8, 4) is 6.07 Å². The summed E-state index contributed by atoms with van der Waals surface area (Å²) in [5.74, 6) is 0. The number of thiazole rings is 1. The molecule has 1 aromatic heterocycles. The molecule has 1 fully saturated rings. The van der Waals surface area contributed by atoms with E-state index >= 15 is 0 Å². The van der Waals surface area contributed by atoms with Crippen molar-refractivity contribution in [3.05, 3.63) is 15.6 Å². The molecule has 1 aliphatic heterocycles. The maximum absolute atomic E-state index is 8.74. The van der Waals surface area contributed by atoms with E-state index in [1.54, 1.807) is 0 Å². The van der Waals surface area contributed by atoms with Crippen LogP contribution in [-0.2, 0) is 0 Å². The van der Waals surface area contributed by atoms with E-state index in [-0.39, 0.29) is 0 Å². The Balaban J connectivity index is 2.22. The summed E-state index contributed by atoms with van der Waals surface area (Å²) in [7, 11) is 0. The largest absolute Gasteiger partial charge is 0.314 e. The van der Waals surface area contributed by atoms with Crippen molar-refractivity contribution in [1.82, 2.24) is 15.6 Å². The molecule has 1 aromatic rings. The van der Waals surface area contributed by atoms with Crippen LogP contribution in [0.3, 0.4) is 0 Å². The Hall–Kier alpha value is -0.960. The van der Waals surface area contributed by atoms with Crippen molar-refractivity contribution in [3.63, 3.8) is 0 Å². The Kier molecular flexibility index (Phi) is 2.77. The van der Waals surface area contributed by atoms with E-state index in [0.29, 0.717) is 11.0 Å². The Morgan fingerprint density at radius 3 is 3.00 bits per heavy atom. The van der Waals surface area contributed by atoms with Gasteiger partial charge in [0.15, 0.2) is 5.01 Å². The molecule has 5 heteroatoms. The van der Waals surface area contributed by atoms with Crippen LogP contribution in [0.25, 0.3) is 0 Å². The first-order chi connectivity index (χ1) is 6.81. The first-order valence-electron chi connectivity index (χ1n) is 4.63. The minimum atomic E-state index is 0.323. The normalized spacial score (nSPS) is 21.9. The van der Waals surface area contributed by atoms with E-state index in [1.165, 1.54) is 16.2 Å². The minimum absolute atomic E-state index is 0.323. The third-order valence-electron chi connectivity index (χ3n) is 2.29. The lowest BCUT2D eigenvalue weighted by Crippen LogP contribution is -2.42. The predicted octanol–water partition coefficient (Wildman–Crippen LogP) is 0.557. The second-order valence-corrected chi connectivity index (χ2v) is 4.32. The van der Waals surface area contributed by atoms with E-state index in [2.05, 4.69) is 21.7 Å². The number of nitriles is 1. The lowest BCUT2D eigenvalue weighted by molar-refractivity contribution is 0.433. The van der Waals surface area contributed by atoms with Crippen LogP contribution in [0.5, 0.6) is 0 Å². The van der Waals surface area contributed by atoms with Crippen molar-refractivity contribution < 1.29 is 0 Å². The Morgan fingerprint density at radius 2 is 2.43 bits per heavy atom. The van der Waals surface area contributed by atoms with E-state index in [4.69, 9.17) is 5.26 Å². The SMILES string of the molecule is Cc1nc(C#N)sc1C1CNCCN1. The third kappa shape index (κ3) is 1.77. The zero-order valence-electron chi connectivity index (χ0n) is 8.00. The van der Waals surface area contributed by atoms with Gasteiger partial charge in [0.05, 0.1) is 11.7 Å². The Bertz CT molecular complexity index is 359. The number of hydrogen-bond acceptors (Lipinski definition) is 5. The van der Waals surface area contributed by atoms with Crippen LogP contribution in [0.1, 0.15) is 21.6 Å². The molecule has 0 aliphatic carbocycles. The minimum Gasteiger partial charge on any atom is -0.314 e. The molecule has 0 saturated carbocycles. The van der Waals surface area contributed by atoms with E-state index in [0.717, 1.165) is 25.3 Å². The lowest BCUT2D eigenvalue weighted by Gasteiger charge is -2.23. The summed E-state index contributed by atoms with van der Waals surface area (Å²) in [6.45, 7) is 4.88. The molecule has 1 saturated heterocycles. The van der Waals surface area contributed by atoms with Gasteiger partial charge in [0.25, 0.3) is 0 Å². The summed E-state index contributed by atoms with van der Waals surface area (Å²) in [5, 5.41) is 16.0. The number of hydrogen-bond donors (Lipinski definition) is 2. The first-order valence-corrected chi connectivity index (χ1v) is 5.44. The molecule has 74 valence electrons. The predicted molar refractivity (Wildman–Crippen MR) is 55.2 cm³/mol. The van der Waals surface area contributed by atoms with Gasteiger partial charge in [0.1, 0.15) is 6.07 Å². The summed E-state index contributed by atoms with van der Waals surface area (Å²) in [5.41, 5.74) is 0.979. The van der Waals surface area contributed by atoms with Gasteiger partial charge in [-0.1, -0.05) is 0 Å². The Labute approximate surface area is 87.0 Å². The second-order valence-electron chi connectivity index (χ2n) is 3.29. The fraction of sp³-hybridized carbons (Fsp3) is 0.556. The van der Waals surface area contributed by atoms with E-state index in [1.807, 2.05) is 6.92 Å². The average molecular weight is 208 g/mol. The first kappa shape index (κ1) is 9.59. The highest BCUT2D eigenvalue weighted by Gasteiger charge is 2.19. The highest BCUT2D eigenvalue weighted by atomic mass is 32.1. The van der Waals surface area contributed by atoms with Crippen LogP contribution < -0.4 is 10.6 Å². The molecular formula is C9H12N4S. The zero-order chi connectivity index (χ0) is 9.97. The van der Waals surface area contributed by atoms with Crippen molar-refractivity contribution in [2.45, 2.75) is 13.0 Å².